The van der Waals surface area contributed by atoms with Gasteiger partial charge in [-0.3, -0.25) is 4.79 Å². The molecule has 1 aromatic rings. The molecule has 6 heteroatoms. The van der Waals surface area contributed by atoms with E-state index in [0.29, 0.717) is 18.4 Å². The number of carbonyl (C=O) groups excluding carboxylic acids is 3. The largest absolute Gasteiger partial charge is 0.466 e. The minimum atomic E-state index is -1.47. The number of rotatable bonds is 4. The van der Waals surface area contributed by atoms with Gasteiger partial charge in [-0.25, -0.2) is 9.59 Å². The molecule has 0 saturated carbocycles. The van der Waals surface area contributed by atoms with Crippen molar-refractivity contribution >= 4 is 17.7 Å². The highest BCUT2D eigenvalue weighted by Gasteiger charge is 2.67. The SMILES string of the molecule is COC(=O)C1=C(C(=O)OC)[C@@]2(c3ccccc3)CC[C@]1(C(C)=O)O2. The maximum Gasteiger partial charge on any atom is 0.337 e. The molecule has 24 heavy (non-hydrogen) atoms. The number of methoxy groups -OCH3 is 2. The molecule has 0 unspecified atom stereocenters. The summed E-state index contributed by atoms with van der Waals surface area (Å²) in [6.45, 7) is 1.35. The van der Waals surface area contributed by atoms with Crippen LogP contribution in [0.1, 0.15) is 25.3 Å². The van der Waals surface area contributed by atoms with Gasteiger partial charge in [0.1, 0.15) is 5.60 Å². The molecule has 1 saturated heterocycles. The second kappa shape index (κ2) is 5.56. The molecule has 2 aliphatic heterocycles. The summed E-state index contributed by atoms with van der Waals surface area (Å²) >= 11 is 0. The third-order valence-electron chi connectivity index (χ3n) is 4.82. The number of benzene rings is 1. The normalized spacial score (nSPS) is 28.0. The van der Waals surface area contributed by atoms with E-state index in [1.165, 1.54) is 21.1 Å². The Morgan fingerprint density at radius 2 is 1.54 bits per heavy atom. The van der Waals surface area contributed by atoms with Crippen LogP contribution in [0.4, 0.5) is 0 Å². The Morgan fingerprint density at radius 3 is 2.08 bits per heavy atom. The Labute approximate surface area is 139 Å². The molecule has 2 bridgehead atoms. The van der Waals surface area contributed by atoms with Crippen molar-refractivity contribution in [3.63, 3.8) is 0 Å². The van der Waals surface area contributed by atoms with Gasteiger partial charge in [-0.2, -0.15) is 0 Å². The smallest absolute Gasteiger partial charge is 0.337 e. The second-order valence-corrected chi connectivity index (χ2v) is 5.91. The summed E-state index contributed by atoms with van der Waals surface area (Å²) in [7, 11) is 2.44. The maximum absolute atomic E-state index is 12.5. The van der Waals surface area contributed by atoms with Crippen molar-refractivity contribution in [3.05, 3.63) is 47.0 Å². The molecule has 2 aliphatic rings. The van der Waals surface area contributed by atoms with Crippen LogP contribution in [0.3, 0.4) is 0 Å². The summed E-state index contributed by atoms with van der Waals surface area (Å²) in [5.74, 6) is -1.77. The van der Waals surface area contributed by atoms with Crippen LogP contribution in [-0.4, -0.2) is 37.5 Å². The fraction of sp³-hybridized carbons (Fsp3) is 0.389. The Bertz CT molecular complexity index is 750. The number of hydrogen-bond acceptors (Lipinski definition) is 6. The molecule has 6 nitrogen and oxygen atoms in total. The van der Waals surface area contributed by atoms with Gasteiger partial charge in [0, 0.05) is 0 Å². The number of Topliss-reactive ketones (excluding diaryl/α,β-unsaturated/α-hetero) is 1. The lowest BCUT2D eigenvalue weighted by Gasteiger charge is -2.27. The number of fused-ring (bicyclic) bond motifs is 2. The molecule has 3 rings (SSSR count). The van der Waals surface area contributed by atoms with Gasteiger partial charge in [-0.05, 0) is 25.3 Å². The topological polar surface area (TPSA) is 78.9 Å². The molecule has 0 amide bonds. The first-order valence-electron chi connectivity index (χ1n) is 7.61. The van der Waals surface area contributed by atoms with E-state index in [4.69, 9.17) is 14.2 Å². The molecular weight excluding hydrogens is 312 g/mol. The van der Waals surface area contributed by atoms with Crippen molar-refractivity contribution in [2.75, 3.05) is 14.2 Å². The summed E-state index contributed by atoms with van der Waals surface area (Å²) in [5.41, 5.74) is -1.92. The summed E-state index contributed by atoms with van der Waals surface area (Å²) < 4.78 is 15.9. The Balaban J connectivity index is 2.33. The molecule has 2 heterocycles. The molecule has 0 spiro atoms. The van der Waals surface area contributed by atoms with Crippen LogP contribution >= 0.6 is 0 Å². The van der Waals surface area contributed by atoms with E-state index in [-0.39, 0.29) is 16.9 Å². The average molecular weight is 330 g/mol. The van der Waals surface area contributed by atoms with Crippen LogP contribution in [0.5, 0.6) is 0 Å². The van der Waals surface area contributed by atoms with Gasteiger partial charge in [0.25, 0.3) is 0 Å². The fourth-order valence-electron chi connectivity index (χ4n) is 3.72. The minimum Gasteiger partial charge on any atom is -0.466 e. The predicted molar refractivity (Wildman–Crippen MR) is 82.9 cm³/mol. The van der Waals surface area contributed by atoms with Gasteiger partial charge in [0.05, 0.1) is 25.4 Å². The summed E-state index contributed by atoms with van der Waals surface area (Å²) in [5, 5.41) is 0. The van der Waals surface area contributed by atoms with Crippen molar-refractivity contribution in [3.8, 4) is 0 Å². The van der Waals surface area contributed by atoms with Crippen molar-refractivity contribution in [2.24, 2.45) is 0 Å². The van der Waals surface area contributed by atoms with Crippen LogP contribution in [0.15, 0.2) is 41.5 Å². The van der Waals surface area contributed by atoms with Crippen LogP contribution in [0, 0.1) is 0 Å². The number of esters is 2. The Kier molecular flexibility index (Phi) is 3.80. The number of hydrogen-bond donors (Lipinski definition) is 0. The van der Waals surface area contributed by atoms with Crippen molar-refractivity contribution < 1.29 is 28.6 Å². The van der Waals surface area contributed by atoms with Crippen molar-refractivity contribution in [1.82, 2.24) is 0 Å². The molecule has 0 N–H and O–H groups in total. The van der Waals surface area contributed by atoms with Crippen LogP contribution in [0.25, 0.3) is 0 Å². The lowest BCUT2D eigenvalue weighted by molar-refractivity contribution is -0.147. The van der Waals surface area contributed by atoms with Crippen LogP contribution < -0.4 is 0 Å². The van der Waals surface area contributed by atoms with Crippen LogP contribution in [0.2, 0.25) is 0 Å². The molecule has 1 fully saturated rings. The first kappa shape index (κ1) is 16.4. The van der Waals surface area contributed by atoms with Gasteiger partial charge in [-0.1, -0.05) is 30.3 Å². The van der Waals surface area contributed by atoms with Gasteiger partial charge in [-0.15, -0.1) is 0 Å². The zero-order chi connectivity index (χ0) is 17.5. The lowest BCUT2D eigenvalue weighted by atomic mass is 9.72. The molecule has 0 radical (unpaired) electrons. The quantitative estimate of drug-likeness (QED) is 0.782. The van der Waals surface area contributed by atoms with E-state index in [1.807, 2.05) is 18.2 Å². The van der Waals surface area contributed by atoms with Gasteiger partial charge < -0.3 is 14.2 Å². The highest BCUT2D eigenvalue weighted by atomic mass is 16.6. The fourth-order valence-corrected chi connectivity index (χ4v) is 3.72. The van der Waals surface area contributed by atoms with Crippen molar-refractivity contribution in [1.29, 1.82) is 0 Å². The van der Waals surface area contributed by atoms with E-state index in [2.05, 4.69) is 0 Å². The molecule has 2 atom stereocenters. The monoisotopic (exact) mass is 330 g/mol. The van der Waals surface area contributed by atoms with Crippen molar-refractivity contribution in [2.45, 2.75) is 31.0 Å². The molecule has 0 aromatic heterocycles. The second-order valence-electron chi connectivity index (χ2n) is 5.91. The number of ketones is 1. The third-order valence-corrected chi connectivity index (χ3v) is 4.82. The summed E-state index contributed by atoms with van der Waals surface area (Å²) in [6.07, 6.45) is 0.712. The van der Waals surface area contributed by atoms with E-state index in [9.17, 15) is 14.4 Å². The lowest BCUT2D eigenvalue weighted by Crippen LogP contribution is -2.40. The number of carbonyl (C=O) groups is 3. The van der Waals surface area contributed by atoms with E-state index < -0.39 is 23.1 Å². The van der Waals surface area contributed by atoms with Crippen LogP contribution in [-0.2, 0) is 34.2 Å². The van der Waals surface area contributed by atoms with E-state index >= 15 is 0 Å². The predicted octanol–water partition coefficient (Wildman–Crippen LogP) is 1.68. The maximum atomic E-state index is 12.5. The third kappa shape index (κ3) is 1.96. The summed E-state index contributed by atoms with van der Waals surface area (Å²) in [4.78, 5) is 37.3. The zero-order valence-corrected chi connectivity index (χ0v) is 13.8. The molecule has 1 aromatic carbocycles. The number of ether oxygens (including phenoxy) is 3. The highest BCUT2D eigenvalue weighted by molar-refractivity contribution is 6.11. The molecule has 126 valence electrons. The first-order valence-corrected chi connectivity index (χ1v) is 7.61. The van der Waals surface area contributed by atoms with Gasteiger partial charge >= 0.3 is 11.9 Å². The average Bonchev–Trinajstić information content (AvgIpc) is 3.15. The standard InChI is InChI=1S/C18H18O6/c1-11(19)17-9-10-18(24-17,12-7-5-4-6-8-12)14(16(21)23-3)13(17)15(20)22-2/h4-8H,9-10H2,1-3H3/t17-,18+/m1/s1. The molecule has 0 aliphatic carbocycles. The first-order chi connectivity index (χ1) is 11.4. The Hall–Kier alpha value is -2.47. The highest BCUT2D eigenvalue weighted by Crippen LogP contribution is 2.60. The van der Waals surface area contributed by atoms with Gasteiger partial charge in [0.2, 0.25) is 0 Å². The molecular formula is C18H18O6. The summed E-state index contributed by atoms with van der Waals surface area (Å²) in [6, 6.07) is 9.07. The van der Waals surface area contributed by atoms with E-state index in [0.717, 1.165) is 0 Å². The van der Waals surface area contributed by atoms with E-state index in [1.54, 1.807) is 12.1 Å². The van der Waals surface area contributed by atoms with Gasteiger partial charge in [0.15, 0.2) is 11.4 Å². The minimum absolute atomic E-state index is 0.0422. The Morgan fingerprint density at radius 1 is 0.958 bits per heavy atom. The zero-order valence-electron chi connectivity index (χ0n) is 13.8.